The number of fused-ring (bicyclic) bond motifs is 1. The van der Waals surface area contributed by atoms with Crippen LogP contribution < -0.4 is 20.8 Å². The van der Waals surface area contributed by atoms with Crippen molar-refractivity contribution in [2.75, 3.05) is 31.1 Å². The van der Waals surface area contributed by atoms with Gasteiger partial charge in [-0.25, -0.2) is 4.98 Å². The first-order valence-electron chi connectivity index (χ1n) is 16.2. The maximum Gasteiger partial charge on any atom is 0.255 e. The smallest absolute Gasteiger partial charge is 0.255 e. The van der Waals surface area contributed by atoms with Crippen molar-refractivity contribution in [1.29, 1.82) is 0 Å². The predicted molar refractivity (Wildman–Crippen MR) is 186 cm³/mol. The summed E-state index contributed by atoms with van der Waals surface area (Å²) in [6, 6.07) is 40.7. The van der Waals surface area contributed by atoms with Crippen molar-refractivity contribution in [1.82, 2.24) is 15.3 Å². The molecule has 236 valence electrons. The van der Waals surface area contributed by atoms with Crippen molar-refractivity contribution < 1.29 is 9.53 Å². The minimum Gasteiger partial charge on any atom is -0.488 e. The van der Waals surface area contributed by atoms with Gasteiger partial charge in [0.25, 0.3) is 5.91 Å². The van der Waals surface area contributed by atoms with Crippen LogP contribution in [-0.2, 0) is 5.54 Å². The van der Waals surface area contributed by atoms with E-state index in [1.807, 2.05) is 89.8 Å². The Labute approximate surface area is 275 Å². The van der Waals surface area contributed by atoms with E-state index in [4.69, 9.17) is 15.6 Å². The van der Waals surface area contributed by atoms with Crippen LogP contribution in [0.15, 0.2) is 133 Å². The molecule has 0 aliphatic carbocycles. The Morgan fingerprint density at radius 3 is 1.89 bits per heavy atom. The topological polar surface area (TPSA) is 96.1 Å². The molecule has 0 atom stereocenters. The van der Waals surface area contributed by atoms with E-state index in [1.54, 1.807) is 6.20 Å². The van der Waals surface area contributed by atoms with Gasteiger partial charge in [0.05, 0.1) is 12.1 Å². The van der Waals surface area contributed by atoms with Crippen LogP contribution in [0.25, 0.3) is 0 Å². The van der Waals surface area contributed by atoms with Gasteiger partial charge in [-0.3, -0.25) is 10.2 Å². The second-order valence-corrected chi connectivity index (χ2v) is 11.9. The largest absolute Gasteiger partial charge is 0.488 e. The monoisotopic (exact) mass is 622 g/mol. The average Bonchev–Trinajstić information content (AvgIpc) is 3.16. The Balaban J connectivity index is 1.16. The number of nitrogens with one attached hydrogen (secondary N) is 1. The van der Waals surface area contributed by atoms with E-state index in [1.165, 1.54) is 6.42 Å². The van der Waals surface area contributed by atoms with Crippen molar-refractivity contribution in [3.63, 3.8) is 0 Å². The van der Waals surface area contributed by atoms with E-state index in [-0.39, 0.29) is 5.91 Å². The fraction of sp³-hybridized carbons (Fsp3) is 0.205. The van der Waals surface area contributed by atoms with E-state index in [9.17, 15) is 4.79 Å². The van der Waals surface area contributed by atoms with Crippen LogP contribution in [0, 0.1) is 0 Å². The summed E-state index contributed by atoms with van der Waals surface area (Å²) in [5.41, 5.74) is 14.8. The number of amides is 1. The highest BCUT2D eigenvalue weighted by atomic mass is 16.5. The van der Waals surface area contributed by atoms with Gasteiger partial charge < -0.3 is 20.3 Å². The van der Waals surface area contributed by atoms with Gasteiger partial charge in [0.1, 0.15) is 12.1 Å². The highest BCUT2D eigenvalue weighted by Crippen LogP contribution is 2.38. The Kier molecular flexibility index (Phi) is 8.56. The summed E-state index contributed by atoms with van der Waals surface area (Å²) in [5.74, 6) is 1.70. The molecule has 1 amide bonds. The number of piperidine rings is 1. The van der Waals surface area contributed by atoms with Crippen LogP contribution in [0.2, 0.25) is 0 Å². The lowest BCUT2D eigenvalue weighted by molar-refractivity contribution is 0.0723. The molecule has 3 N–H and O–H groups in total. The molecule has 0 saturated carbocycles. The summed E-state index contributed by atoms with van der Waals surface area (Å²) in [4.78, 5) is 21.8. The maximum atomic E-state index is 13.1. The van der Waals surface area contributed by atoms with Crippen molar-refractivity contribution in [2.24, 2.45) is 10.8 Å². The summed E-state index contributed by atoms with van der Waals surface area (Å²) in [7, 11) is 0. The summed E-state index contributed by atoms with van der Waals surface area (Å²) in [5, 5.41) is 4.80. The molecule has 8 nitrogen and oxygen atoms in total. The first kappa shape index (κ1) is 30.0. The lowest BCUT2D eigenvalue weighted by Gasteiger charge is -2.35. The molecule has 47 heavy (non-hydrogen) atoms. The van der Waals surface area contributed by atoms with Gasteiger partial charge in [-0.05, 0) is 66.3 Å². The third kappa shape index (κ3) is 6.02. The van der Waals surface area contributed by atoms with Gasteiger partial charge in [-0.1, -0.05) is 91.0 Å². The van der Waals surface area contributed by atoms with E-state index in [0.29, 0.717) is 36.1 Å². The number of nitrogens with zero attached hydrogens (tertiary/aromatic N) is 4. The first-order valence-corrected chi connectivity index (χ1v) is 16.2. The molecule has 1 fully saturated rings. The number of ether oxygens (including phenoxy) is 1. The minimum absolute atomic E-state index is 0.0178. The number of hydrazone groups is 1. The van der Waals surface area contributed by atoms with Crippen LogP contribution in [0.1, 0.15) is 51.9 Å². The number of anilines is 2. The molecule has 4 aromatic carbocycles. The Morgan fingerprint density at radius 2 is 1.32 bits per heavy atom. The number of benzene rings is 4. The van der Waals surface area contributed by atoms with Gasteiger partial charge >= 0.3 is 0 Å². The molecule has 8 heteroatoms. The normalized spacial score (nSPS) is 15.0. The van der Waals surface area contributed by atoms with Crippen molar-refractivity contribution in [3.8, 4) is 5.75 Å². The van der Waals surface area contributed by atoms with Crippen LogP contribution in [0.4, 0.5) is 11.5 Å². The first-order chi connectivity index (χ1) is 23.1. The quantitative estimate of drug-likeness (QED) is 0.0895. The molecule has 2 aliphatic heterocycles. The Bertz CT molecular complexity index is 1740. The number of rotatable bonds is 8. The predicted octanol–water partition coefficient (Wildman–Crippen LogP) is 6.44. The summed E-state index contributed by atoms with van der Waals surface area (Å²) < 4.78 is 5.97. The van der Waals surface area contributed by atoms with Gasteiger partial charge in [0, 0.05) is 30.5 Å². The molecule has 0 spiro atoms. The third-order valence-electron chi connectivity index (χ3n) is 8.99. The zero-order chi connectivity index (χ0) is 32.1. The van der Waals surface area contributed by atoms with Crippen molar-refractivity contribution in [2.45, 2.75) is 24.8 Å². The second kappa shape index (κ2) is 13.4. The number of nitrogens with two attached hydrogens (primary N) is 1. The molecule has 0 bridgehead atoms. The Hall–Kier alpha value is -5.63. The number of likely N-dealkylation sites (tertiary alicyclic amines) is 1. The highest BCUT2D eigenvalue weighted by molar-refractivity contribution is 5.98. The van der Waals surface area contributed by atoms with Crippen LogP contribution in [0.3, 0.4) is 0 Å². The van der Waals surface area contributed by atoms with E-state index in [0.717, 1.165) is 53.9 Å². The number of amidine groups is 1. The maximum absolute atomic E-state index is 13.1. The molecular formula is C39H38N6O2. The van der Waals surface area contributed by atoms with Gasteiger partial charge in [-0.2, -0.15) is 5.10 Å². The molecule has 2 aliphatic rings. The lowest BCUT2D eigenvalue weighted by atomic mass is 9.77. The summed E-state index contributed by atoms with van der Waals surface area (Å²) in [6.45, 7) is 2.72. The van der Waals surface area contributed by atoms with E-state index in [2.05, 4.69) is 51.7 Å². The number of carbonyl (C=O) groups is 1. The van der Waals surface area contributed by atoms with Crippen LogP contribution in [0.5, 0.6) is 5.75 Å². The number of aromatic nitrogens is 1. The zero-order valence-electron chi connectivity index (χ0n) is 26.3. The SMILES string of the molecule is N/C(=N\NC(c1ccccc1)(c1ccccc1)c1ccccc1)c1ccc(N2CCOc3cc(C(=O)N4CCCCC4)cnc32)cc1. The van der Waals surface area contributed by atoms with E-state index < -0.39 is 5.54 Å². The molecule has 3 heterocycles. The molecule has 0 unspecified atom stereocenters. The molecule has 1 saturated heterocycles. The average molecular weight is 623 g/mol. The zero-order valence-corrected chi connectivity index (χ0v) is 26.3. The van der Waals surface area contributed by atoms with Crippen molar-refractivity contribution >= 4 is 23.2 Å². The second-order valence-electron chi connectivity index (χ2n) is 11.9. The molecule has 1 aromatic heterocycles. The minimum atomic E-state index is -0.772. The summed E-state index contributed by atoms with van der Waals surface area (Å²) >= 11 is 0. The molecular weight excluding hydrogens is 584 g/mol. The van der Waals surface area contributed by atoms with Crippen molar-refractivity contribution in [3.05, 3.63) is 155 Å². The highest BCUT2D eigenvalue weighted by Gasteiger charge is 2.36. The number of carbonyl (C=O) groups excluding carboxylic acids is 1. The Morgan fingerprint density at radius 1 is 0.745 bits per heavy atom. The third-order valence-corrected chi connectivity index (χ3v) is 8.99. The molecule has 5 aromatic rings. The van der Waals surface area contributed by atoms with Gasteiger partial charge in [-0.15, -0.1) is 0 Å². The molecule has 7 rings (SSSR count). The number of hydrogen-bond acceptors (Lipinski definition) is 6. The fourth-order valence-corrected chi connectivity index (χ4v) is 6.53. The molecule has 0 radical (unpaired) electrons. The number of hydrogen-bond donors (Lipinski definition) is 2. The summed E-state index contributed by atoms with van der Waals surface area (Å²) in [6.07, 6.45) is 4.93. The van der Waals surface area contributed by atoms with Crippen LogP contribution in [-0.4, -0.2) is 47.9 Å². The van der Waals surface area contributed by atoms with Gasteiger partial charge in [0.15, 0.2) is 17.4 Å². The lowest BCUT2D eigenvalue weighted by Crippen LogP contribution is -2.43. The number of pyridine rings is 1. The van der Waals surface area contributed by atoms with Gasteiger partial charge in [0.2, 0.25) is 0 Å². The fourth-order valence-electron chi connectivity index (χ4n) is 6.53. The standard InChI is InChI=1S/C39H38N6O2/c40-36(42-43-39(31-13-5-1-6-14-31,32-15-7-2-8-16-32)33-17-9-3-10-18-33)29-19-21-34(22-20-29)45-25-26-47-35-27-30(28-41-37(35)45)38(46)44-23-11-4-12-24-44/h1-3,5-10,13-22,27-28,43H,4,11-12,23-26H2,(H2,40,42). The van der Waals surface area contributed by atoms with Crippen LogP contribution >= 0.6 is 0 Å². The van der Waals surface area contributed by atoms with E-state index >= 15 is 0 Å².